The first-order valence-electron chi connectivity index (χ1n) is 8.82. The van der Waals surface area contributed by atoms with Gasteiger partial charge in [0.15, 0.2) is 0 Å². The molecule has 7 nitrogen and oxygen atoms in total. The molecule has 2 aromatic rings. The average Bonchev–Trinajstić information content (AvgIpc) is 3.09. The van der Waals surface area contributed by atoms with Crippen molar-refractivity contribution in [3.63, 3.8) is 0 Å². The van der Waals surface area contributed by atoms with Gasteiger partial charge in [-0.2, -0.15) is 0 Å². The van der Waals surface area contributed by atoms with Crippen LogP contribution in [0, 0.1) is 0 Å². The summed E-state index contributed by atoms with van der Waals surface area (Å²) in [7, 11) is -1.30. The van der Waals surface area contributed by atoms with Gasteiger partial charge in [0.25, 0.3) is 0 Å². The molecule has 138 valence electrons. The second-order valence-electron chi connectivity index (χ2n) is 6.87. The fraction of sp³-hybridized carbons (Fsp3) is 0.263. The topological polar surface area (TPSA) is 108 Å². The molecule has 2 aliphatic heterocycles. The Morgan fingerprint density at radius 2 is 2.00 bits per heavy atom. The Balaban J connectivity index is 1.44. The third-order valence-corrected chi connectivity index (χ3v) is 4.96. The van der Waals surface area contributed by atoms with Crippen LogP contribution in [0.25, 0.3) is 0 Å². The van der Waals surface area contributed by atoms with Crippen LogP contribution in [0.15, 0.2) is 36.4 Å². The monoisotopic (exact) mass is 366 g/mol. The third-order valence-electron chi connectivity index (χ3n) is 4.96. The number of fused-ring (bicyclic) bond motifs is 2. The number of hydrogen-bond acceptors (Lipinski definition) is 5. The van der Waals surface area contributed by atoms with Gasteiger partial charge in [-0.05, 0) is 34.7 Å². The predicted molar refractivity (Wildman–Crippen MR) is 98.3 cm³/mol. The first-order chi connectivity index (χ1) is 13.0. The summed E-state index contributed by atoms with van der Waals surface area (Å²) >= 11 is 0. The number of nitrogens with one attached hydrogen (secondary N) is 2. The highest BCUT2D eigenvalue weighted by Gasteiger charge is 2.37. The van der Waals surface area contributed by atoms with Crippen LogP contribution >= 0.6 is 0 Å². The molecule has 0 aromatic heterocycles. The minimum absolute atomic E-state index is 0.00285. The summed E-state index contributed by atoms with van der Waals surface area (Å²) in [5, 5.41) is 25.5. The van der Waals surface area contributed by atoms with Crippen molar-refractivity contribution in [2.24, 2.45) is 0 Å². The average molecular weight is 366 g/mol. The molecule has 0 bridgehead atoms. The van der Waals surface area contributed by atoms with E-state index in [0.717, 1.165) is 18.7 Å². The quantitative estimate of drug-likeness (QED) is 0.593. The summed E-state index contributed by atoms with van der Waals surface area (Å²) in [6.07, 6.45) is 0.510. The van der Waals surface area contributed by atoms with Gasteiger partial charge in [-0.3, -0.25) is 4.79 Å². The van der Waals surface area contributed by atoms with E-state index in [4.69, 9.17) is 4.65 Å². The number of para-hydroxylation sites is 1. The first kappa shape index (κ1) is 17.6. The fourth-order valence-electron chi connectivity index (χ4n) is 3.62. The molecule has 8 heteroatoms. The number of amides is 1. The van der Waals surface area contributed by atoms with Crippen LogP contribution < -0.4 is 15.3 Å². The fourth-order valence-corrected chi connectivity index (χ4v) is 3.62. The molecule has 0 spiro atoms. The van der Waals surface area contributed by atoms with Crippen LogP contribution in [-0.2, 0) is 30.7 Å². The second kappa shape index (κ2) is 7.05. The number of carboxylic acids is 1. The largest absolute Gasteiger partial charge is 0.547 e. The maximum Gasteiger partial charge on any atom is 0.547 e. The Morgan fingerprint density at radius 1 is 1.19 bits per heavy atom. The number of carbonyl (C=O) groups is 2. The van der Waals surface area contributed by atoms with Crippen molar-refractivity contribution in [2.75, 3.05) is 0 Å². The van der Waals surface area contributed by atoms with Gasteiger partial charge in [0, 0.05) is 13.1 Å². The highest BCUT2D eigenvalue weighted by Crippen LogP contribution is 2.30. The van der Waals surface area contributed by atoms with Gasteiger partial charge in [0.1, 0.15) is 5.75 Å². The van der Waals surface area contributed by atoms with E-state index in [1.165, 1.54) is 17.2 Å². The minimum atomic E-state index is -1.30. The summed E-state index contributed by atoms with van der Waals surface area (Å²) in [6.45, 7) is 1.66. The van der Waals surface area contributed by atoms with Gasteiger partial charge >= 0.3 is 13.1 Å². The number of rotatable bonds is 4. The molecule has 0 radical (unpaired) electrons. The minimum Gasteiger partial charge on any atom is -0.534 e. The normalized spacial score (nSPS) is 17.7. The van der Waals surface area contributed by atoms with E-state index in [1.807, 2.05) is 18.2 Å². The first-order valence-corrected chi connectivity index (χ1v) is 8.82. The Labute approximate surface area is 156 Å². The predicted octanol–water partition coefficient (Wildman–Crippen LogP) is 0.670. The maximum absolute atomic E-state index is 12.4. The van der Waals surface area contributed by atoms with Crippen LogP contribution in [-0.4, -0.2) is 35.1 Å². The Hall–Kier alpha value is -2.84. The number of hydrogen-bond donors (Lipinski definition) is 4. The SMILES string of the molecule is O=C(Cc1ccc2c(c1)CNC2)N[C@H]1Cc2cccc(C(=O)O)c2OB1O. The maximum atomic E-state index is 12.4. The molecule has 2 aliphatic rings. The lowest BCUT2D eigenvalue weighted by molar-refractivity contribution is -0.120. The van der Waals surface area contributed by atoms with Crippen molar-refractivity contribution in [1.82, 2.24) is 10.6 Å². The van der Waals surface area contributed by atoms with Crippen molar-refractivity contribution in [3.05, 3.63) is 64.2 Å². The zero-order valence-electron chi connectivity index (χ0n) is 14.6. The molecular weight excluding hydrogens is 347 g/mol. The smallest absolute Gasteiger partial charge is 0.534 e. The number of carboxylic acid groups (broad SMARTS) is 1. The van der Waals surface area contributed by atoms with Crippen molar-refractivity contribution in [2.45, 2.75) is 31.9 Å². The van der Waals surface area contributed by atoms with E-state index in [-0.39, 0.29) is 23.6 Å². The number of aromatic carboxylic acids is 1. The van der Waals surface area contributed by atoms with E-state index in [1.54, 1.807) is 12.1 Å². The van der Waals surface area contributed by atoms with E-state index in [0.29, 0.717) is 12.0 Å². The van der Waals surface area contributed by atoms with Gasteiger partial charge in [-0.25, -0.2) is 4.79 Å². The van der Waals surface area contributed by atoms with Crippen molar-refractivity contribution in [3.8, 4) is 5.75 Å². The molecule has 4 rings (SSSR count). The summed E-state index contributed by atoms with van der Waals surface area (Å²) in [5.74, 6) is -1.81. The molecule has 0 aliphatic carbocycles. The molecule has 0 saturated carbocycles. The van der Waals surface area contributed by atoms with Crippen LogP contribution in [0.5, 0.6) is 5.75 Å². The van der Waals surface area contributed by atoms with E-state index in [2.05, 4.69) is 10.6 Å². The lowest BCUT2D eigenvalue weighted by atomic mass is 9.72. The highest BCUT2D eigenvalue weighted by molar-refractivity contribution is 6.47. The van der Waals surface area contributed by atoms with E-state index < -0.39 is 19.0 Å². The van der Waals surface area contributed by atoms with Gasteiger partial charge < -0.3 is 25.4 Å². The Bertz CT molecular complexity index is 917. The van der Waals surface area contributed by atoms with Crippen LogP contribution in [0.3, 0.4) is 0 Å². The Morgan fingerprint density at radius 3 is 2.81 bits per heavy atom. The molecule has 2 aromatic carbocycles. The summed E-state index contributed by atoms with van der Waals surface area (Å²) in [6, 6.07) is 10.8. The zero-order valence-corrected chi connectivity index (χ0v) is 14.6. The lowest BCUT2D eigenvalue weighted by Gasteiger charge is -2.28. The molecule has 1 amide bonds. The second-order valence-corrected chi connectivity index (χ2v) is 6.87. The molecule has 2 heterocycles. The van der Waals surface area contributed by atoms with Crippen LogP contribution in [0.4, 0.5) is 0 Å². The molecule has 1 atom stereocenters. The Kier molecular flexibility index (Phi) is 4.59. The van der Waals surface area contributed by atoms with Gasteiger partial charge in [-0.15, -0.1) is 0 Å². The van der Waals surface area contributed by atoms with Gasteiger partial charge in [-0.1, -0.05) is 30.3 Å². The van der Waals surface area contributed by atoms with Crippen molar-refractivity contribution >= 4 is 19.0 Å². The summed E-state index contributed by atoms with van der Waals surface area (Å²) < 4.78 is 5.40. The van der Waals surface area contributed by atoms with Gasteiger partial charge in [0.05, 0.1) is 17.9 Å². The van der Waals surface area contributed by atoms with Crippen LogP contribution in [0.2, 0.25) is 0 Å². The summed E-state index contributed by atoms with van der Waals surface area (Å²) in [4.78, 5) is 23.7. The highest BCUT2D eigenvalue weighted by atomic mass is 16.5. The molecular formula is C19H19BN2O5. The van der Waals surface area contributed by atoms with E-state index >= 15 is 0 Å². The van der Waals surface area contributed by atoms with Gasteiger partial charge in [0.2, 0.25) is 5.91 Å². The van der Waals surface area contributed by atoms with Crippen molar-refractivity contribution in [1.29, 1.82) is 0 Å². The molecule has 0 fully saturated rings. The lowest BCUT2D eigenvalue weighted by Crippen LogP contribution is -2.53. The zero-order chi connectivity index (χ0) is 19.0. The van der Waals surface area contributed by atoms with Crippen LogP contribution in [0.1, 0.15) is 32.6 Å². The van der Waals surface area contributed by atoms with E-state index in [9.17, 15) is 19.7 Å². The number of carbonyl (C=O) groups excluding carboxylic acids is 1. The molecule has 0 unspecified atom stereocenters. The number of benzene rings is 2. The standard InChI is InChI=1S/C19H19BN2O5/c23-17(7-11-4-5-13-9-21-10-14(13)6-11)22-16-8-12-2-1-3-15(19(24)25)18(12)27-20(16)26/h1-6,16,21,26H,7-10H2,(H,22,23)(H,24,25)/t16-/m0/s1. The molecule has 27 heavy (non-hydrogen) atoms. The molecule has 4 N–H and O–H groups in total. The van der Waals surface area contributed by atoms with Crippen molar-refractivity contribution < 1.29 is 24.4 Å². The third kappa shape index (κ3) is 3.54. The summed E-state index contributed by atoms with van der Waals surface area (Å²) in [5.41, 5.74) is 4.02. The molecule has 0 saturated heterocycles.